The van der Waals surface area contributed by atoms with E-state index >= 15 is 0 Å². The first-order valence-corrected chi connectivity index (χ1v) is 6.92. The van der Waals surface area contributed by atoms with E-state index in [-0.39, 0.29) is 6.03 Å². The van der Waals surface area contributed by atoms with E-state index < -0.39 is 0 Å². The van der Waals surface area contributed by atoms with Crippen LogP contribution in [0.25, 0.3) is 0 Å². The lowest BCUT2D eigenvalue weighted by Gasteiger charge is -2.36. The van der Waals surface area contributed by atoms with Gasteiger partial charge >= 0.3 is 6.03 Å². The van der Waals surface area contributed by atoms with E-state index in [2.05, 4.69) is 11.0 Å². The van der Waals surface area contributed by atoms with E-state index in [0.29, 0.717) is 0 Å². The Labute approximate surface area is 120 Å². The summed E-state index contributed by atoms with van der Waals surface area (Å²) in [6.07, 6.45) is 0. The lowest BCUT2D eigenvalue weighted by atomic mass is 10.1. The van der Waals surface area contributed by atoms with E-state index in [9.17, 15) is 4.79 Å². The lowest BCUT2D eigenvalue weighted by Crippen LogP contribution is -2.51. The molecule has 5 heteroatoms. The van der Waals surface area contributed by atoms with Crippen LogP contribution >= 0.6 is 0 Å². The molecule has 1 fully saturated rings. The van der Waals surface area contributed by atoms with Crippen LogP contribution in [0.5, 0.6) is 5.75 Å². The van der Waals surface area contributed by atoms with Crippen LogP contribution in [-0.2, 0) is 6.54 Å². The van der Waals surface area contributed by atoms with Crippen molar-refractivity contribution in [3.05, 3.63) is 29.8 Å². The molecule has 1 aromatic carbocycles. The molecule has 1 saturated heterocycles. The molecule has 0 radical (unpaired) electrons. The smallest absolute Gasteiger partial charge is 0.319 e. The minimum absolute atomic E-state index is 0.0990. The number of amides is 2. The third-order valence-electron chi connectivity index (χ3n) is 3.61. The molecule has 0 N–H and O–H groups in total. The van der Waals surface area contributed by atoms with Gasteiger partial charge in [0.1, 0.15) is 5.75 Å². The SMILES string of the molecule is COc1ccccc1CN1CCN(C(=O)N(C)C)CC1. The fourth-order valence-electron chi connectivity index (χ4n) is 2.45. The van der Waals surface area contributed by atoms with Gasteiger partial charge in [0.05, 0.1) is 7.11 Å². The number of carbonyl (C=O) groups excluding carboxylic acids is 1. The molecule has 0 saturated carbocycles. The number of carbonyl (C=O) groups is 1. The third kappa shape index (κ3) is 3.42. The van der Waals surface area contributed by atoms with E-state index in [0.717, 1.165) is 38.5 Å². The van der Waals surface area contributed by atoms with Gasteiger partial charge in [-0.15, -0.1) is 0 Å². The first kappa shape index (κ1) is 14.7. The molecule has 0 atom stereocenters. The minimum atomic E-state index is 0.0990. The molecule has 0 unspecified atom stereocenters. The Kier molecular flexibility index (Phi) is 4.84. The van der Waals surface area contributed by atoms with Crippen molar-refractivity contribution in [2.45, 2.75) is 6.54 Å². The zero-order chi connectivity index (χ0) is 14.5. The quantitative estimate of drug-likeness (QED) is 0.840. The highest BCUT2D eigenvalue weighted by atomic mass is 16.5. The van der Waals surface area contributed by atoms with Crippen molar-refractivity contribution in [3.63, 3.8) is 0 Å². The highest BCUT2D eigenvalue weighted by Gasteiger charge is 2.22. The Morgan fingerprint density at radius 3 is 2.45 bits per heavy atom. The summed E-state index contributed by atoms with van der Waals surface area (Å²) in [5.74, 6) is 0.930. The molecule has 110 valence electrons. The maximum Gasteiger partial charge on any atom is 0.319 e. The summed E-state index contributed by atoms with van der Waals surface area (Å²) >= 11 is 0. The minimum Gasteiger partial charge on any atom is -0.496 e. The normalized spacial score (nSPS) is 16.1. The maximum atomic E-state index is 11.9. The lowest BCUT2D eigenvalue weighted by molar-refractivity contribution is 0.119. The van der Waals surface area contributed by atoms with E-state index in [1.807, 2.05) is 23.1 Å². The summed E-state index contributed by atoms with van der Waals surface area (Å²) in [5, 5.41) is 0. The topological polar surface area (TPSA) is 36.0 Å². The van der Waals surface area contributed by atoms with Gasteiger partial charge in [0.15, 0.2) is 0 Å². The van der Waals surface area contributed by atoms with Crippen LogP contribution in [0, 0.1) is 0 Å². The molecule has 5 nitrogen and oxygen atoms in total. The van der Waals surface area contributed by atoms with Crippen LogP contribution in [0.1, 0.15) is 5.56 Å². The second kappa shape index (κ2) is 6.61. The Hall–Kier alpha value is -1.75. The summed E-state index contributed by atoms with van der Waals surface area (Å²) in [6.45, 7) is 4.24. The molecule has 1 aromatic rings. The van der Waals surface area contributed by atoms with Crippen LogP contribution in [0.2, 0.25) is 0 Å². The first-order chi connectivity index (χ1) is 9.61. The molecule has 0 aromatic heterocycles. The largest absolute Gasteiger partial charge is 0.496 e. The van der Waals surface area contributed by atoms with Gasteiger partial charge in [0.2, 0.25) is 0 Å². The number of para-hydroxylation sites is 1. The zero-order valence-electron chi connectivity index (χ0n) is 12.5. The summed E-state index contributed by atoms with van der Waals surface area (Å²) in [6, 6.07) is 8.19. The van der Waals surface area contributed by atoms with Crippen molar-refractivity contribution in [2.24, 2.45) is 0 Å². The van der Waals surface area contributed by atoms with Crippen molar-refractivity contribution in [1.82, 2.24) is 14.7 Å². The van der Waals surface area contributed by atoms with Gasteiger partial charge in [-0.05, 0) is 6.07 Å². The Morgan fingerprint density at radius 2 is 1.85 bits per heavy atom. The van der Waals surface area contributed by atoms with Crippen molar-refractivity contribution in [1.29, 1.82) is 0 Å². The number of nitrogens with zero attached hydrogens (tertiary/aromatic N) is 3. The van der Waals surface area contributed by atoms with Crippen LogP contribution in [0.4, 0.5) is 4.79 Å². The molecule has 1 aliphatic rings. The summed E-state index contributed by atoms with van der Waals surface area (Å²) in [4.78, 5) is 17.8. The molecule has 2 rings (SSSR count). The van der Waals surface area contributed by atoms with Crippen molar-refractivity contribution in [2.75, 3.05) is 47.4 Å². The van der Waals surface area contributed by atoms with Gasteiger partial charge in [-0.2, -0.15) is 0 Å². The van der Waals surface area contributed by atoms with Crippen molar-refractivity contribution >= 4 is 6.03 Å². The van der Waals surface area contributed by atoms with Crippen molar-refractivity contribution in [3.8, 4) is 5.75 Å². The number of hydrogen-bond donors (Lipinski definition) is 0. The highest BCUT2D eigenvalue weighted by molar-refractivity contribution is 5.73. The highest BCUT2D eigenvalue weighted by Crippen LogP contribution is 2.20. The molecule has 2 amide bonds. The fourth-order valence-corrected chi connectivity index (χ4v) is 2.45. The van der Waals surface area contributed by atoms with Crippen molar-refractivity contribution < 1.29 is 9.53 Å². The van der Waals surface area contributed by atoms with Gasteiger partial charge in [0.25, 0.3) is 0 Å². The molecule has 0 spiro atoms. The third-order valence-corrected chi connectivity index (χ3v) is 3.61. The van der Waals surface area contributed by atoms with Gasteiger partial charge < -0.3 is 14.5 Å². The monoisotopic (exact) mass is 277 g/mol. The van der Waals surface area contributed by atoms with Gasteiger partial charge in [-0.25, -0.2) is 4.79 Å². The second-order valence-corrected chi connectivity index (χ2v) is 5.25. The second-order valence-electron chi connectivity index (χ2n) is 5.25. The molecule has 20 heavy (non-hydrogen) atoms. The summed E-state index contributed by atoms with van der Waals surface area (Å²) in [5.41, 5.74) is 1.20. The van der Waals surface area contributed by atoms with Gasteiger partial charge in [-0.1, -0.05) is 18.2 Å². The van der Waals surface area contributed by atoms with Crippen LogP contribution in [0.15, 0.2) is 24.3 Å². The molecular weight excluding hydrogens is 254 g/mol. The van der Waals surface area contributed by atoms with Crippen LogP contribution < -0.4 is 4.74 Å². The standard InChI is InChI=1S/C15H23N3O2/c1-16(2)15(19)18-10-8-17(9-11-18)12-13-6-4-5-7-14(13)20-3/h4-7H,8-12H2,1-3H3. The number of piperazine rings is 1. The predicted octanol–water partition coefficient (Wildman–Crippen LogP) is 1.49. The van der Waals surface area contributed by atoms with Gasteiger partial charge in [0, 0.05) is 52.4 Å². The number of hydrogen-bond acceptors (Lipinski definition) is 3. The number of methoxy groups -OCH3 is 1. The maximum absolute atomic E-state index is 11.9. The first-order valence-electron chi connectivity index (χ1n) is 6.92. The van der Waals surface area contributed by atoms with E-state index in [1.165, 1.54) is 5.56 Å². The average Bonchev–Trinajstić information content (AvgIpc) is 2.48. The number of benzene rings is 1. The number of ether oxygens (including phenoxy) is 1. The molecule has 0 bridgehead atoms. The Morgan fingerprint density at radius 1 is 1.20 bits per heavy atom. The molecule has 1 aliphatic heterocycles. The number of urea groups is 1. The molecule has 0 aliphatic carbocycles. The Bertz CT molecular complexity index is 454. The summed E-state index contributed by atoms with van der Waals surface area (Å²) in [7, 11) is 5.29. The molecule has 1 heterocycles. The number of rotatable bonds is 3. The predicted molar refractivity (Wildman–Crippen MR) is 78.9 cm³/mol. The van der Waals surface area contributed by atoms with Crippen LogP contribution in [-0.4, -0.2) is 68.1 Å². The van der Waals surface area contributed by atoms with Crippen LogP contribution in [0.3, 0.4) is 0 Å². The van der Waals surface area contributed by atoms with Gasteiger partial charge in [-0.3, -0.25) is 4.90 Å². The molecular formula is C15H23N3O2. The average molecular weight is 277 g/mol. The Balaban J connectivity index is 1.90. The van der Waals surface area contributed by atoms with E-state index in [1.54, 1.807) is 26.1 Å². The fraction of sp³-hybridized carbons (Fsp3) is 0.533. The van der Waals surface area contributed by atoms with E-state index in [4.69, 9.17) is 4.74 Å². The summed E-state index contributed by atoms with van der Waals surface area (Å²) < 4.78 is 5.38. The zero-order valence-corrected chi connectivity index (χ0v) is 12.5.